The molecular weight excluding hydrogens is 230 g/mol. The Morgan fingerprint density at radius 1 is 1.50 bits per heavy atom. The second kappa shape index (κ2) is 4.31. The van der Waals surface area contributed by atoms with Gasteiger partial charge in [-0.1, -0.05) is 11.6 Å². The predicted molar refractivity (Wildman–Crippen MR) is 59.9 cm³/mol. The molecule has 0 radical (unpaired) electrons. The molecular formula is C8H10ClN7. The number of nitrogens with two attached hydrogens (primary N) is 1. The summed E-state index contributed by atoms with van der Waals surface area (Å²) in [4.78, 5) is 11.8. The maximum absolute atomic E-state index is 5.75. The zero-order valence-corrected chi connectivity index (χ0v) is 9.23. The lowest BCUT2D eigenvalue weighted by atomic mass is 10.3. The van der Waals surface area contributed by atoms with Gasteiger partial charge >= 0.3 is 0 Å². The summed E-state index contributed by atoms with van der Waals surface area (Å²) in [6.07, 6.45) is 1.44. The lowest BCUT2D eigenvalue weighted by Crippen LogP contribution is -2.10. The molecule has 0 spiro atoms. The van der Waals surface area contributed by atoms with Gasteiger partial charge in [-0.05, 0) is 6.92 Å². The number of nitrogens with zero attached hydrogens (tertiary/aromatic N) is 4. The summed E-state index contributed by atoms with van der Waals surface area (Å²) in [6, 6.07) is 1.51. The van der Waals surface area contributed by atoms with Gasteiger partial charge in [-0.2, -0.15) is 10.1 Å². The molecule has 1 unspecified atom stereocenters. The van der Waals surface area contributed by atoms with E-state index in [1.807, 2.05) is 6.92 Å². The molecule has 8 heteroatoms. The summed E-state index contributed by atoms with van der Waals surface area (Å²) in [5, 5.41) is 9.88. The van der Waals surface area contributed by atoms with Gasteiger partial charge in [-0.3, -0.25) is 5.10 Å². The molecule has 0 fully saturated rings. The van der Waals surface area contributed by atoms with E-state index in [-0.39, 0.29) is 12.0 Å². The zero-order chi connectivity index (χ0) is 11.5. The van der Waals surface area contributed by atoms with Crippen LogP contribution in [0.25, 0.3) is 0 Å². The SMILES string of the molecule is CC(Nc1cc(Cl)nc(N)n1)c1ncn[nH]1. The largest absolute Gasteiger partial charge is 0.368 e. The number of aromatic amines is 1. The van der Waals surface area contributed by atoms with Gasteiger partial charge in [0.25, 0.3) is 0 Å². The van der Waals surface area contributed by atoms with Crippen LogP contribution >= 0.6 is 11.6 Å². The molecule has 0 aliphatic heterocycles. The minimum atomic E-state index is -0.0760. The first-order valence-corrected chi connectivity index (χ1v) is 4.95. The average Bonchev–Trinajstić information content (AvgIpc) is 2.68. The summed E-state index contributed by atoms with van der Waals surface area (Å²) in [6.45, 7) is 1.91. The maximum Gasteiger partial charge on any atom is 0.223 e. The van der Waals surface area contributed by atoms with Crippen LogP contribution in [0.5, 0.6) is 0 Å². The molecule has 0 aromatic carbocycles. The van der Waals surface area contributed by atoms with E-state index >= 15 is 0 Å². The van der Waals surface area contributed by atoms with E-state index in [0.29, 0.717) is 16.8 Å². The van der Waals surface area contributed by atoms with Gasteiger partial charge in [-0.25, -0.2) is 9.97 Å². The first-order chi connectivity index (χ1) is 7.65. The van der Waals surface area contributed by atoms with Crippen molar-refractivity contribution in [2.75, 3.05) is 11.1 Å². The highest BCUT2D eigenvalue weighted by Gasteiger charge is 2.09. The van der Waals surface area contributed by atoms with Crippen LogP contribution in [0.4, 0.5) is 11.8 Å². The minimum Gasteiger partial charge on any atom is -0.368 e. The topological polar surface area (TPSA) is 105 Å². The van der Waals surface area contributed by atoms with E-state index in [0.717, 1.165) is 0 Å². The molecule has 0 aliphatic rings. The van der Waals surface area contributed by atoms with E-state index in [4.69, 9.17) is 17.3 Å². The second-order valence-corrected chi connectivity index (χ2v) is 3.56. The normalized spacial score (nSPS) is 12.4. The molecule has 0 bridgehead atoms. The fraction of sp³-hybridized carbons (Fsp3) is 0.250. The third-order valence-corrected chi connectivity index (χ3v) is 2.11. The Morgan fingerprint density at radius 3 is 2.94 bits per heavy atom. The van der Waals surface area contributed by atoms with Gasteiger partial charge in [0.1, 0.15) is 23.1 Å². The van der Waals surface area contributed by atoms with Crippen molar-refractivity contribution in [1.82, 2.24) is 25.1 Å². The van der Waals surface area contributed by atoms with E-state index in [1.54, 1.807) is 6.07 Å². The summed E-state index contributed by atoms with van der Waals surface area (Å²) >= 11 is 5.75. The molecule has 0 aliphatic carbocycles. The van der Waals surface area contributed by atoms with E-state index < -0.39 is 0 Å². The molecule has 2 aromatic rings. The third kappa shape index (κ3) is 2.37. The Balaban J connectivity index is 2.15. The smallest absolute Gasteiger partial charge is 0.223 e. The molecule has 0 saturated heterocycles. The number of aromatic nitrogens is 5. The van der Waals surface area contributed by atoms with Crippen molar-refractivity contribution in [2.24, 2.45) is 0 Å². The number of rotatable bonds is 3. The van der Waals surface area contributed by atoms with Gasteiger partial charge in [0.15, 0.2) is 0 Å². The Morgan fingerprint density at radius 2 is 2.31 bits per heavy atom. The van der Waals surface area contributed by atoms with Gasteiger partial charge in [0.2, 0.25) is 5.95 Å². The van der Waals surface area contributed by atoms with Crippen molar-refractivity contribution in [3.8, 4) is 0 Å². The second-order valence-electron chi connectivity index (χ2n) is 3.17. The molecule has 0 amide bonds. The lowest BCUT2D eigenvalue weighted by molar-refractivity contribution is 0.789. The molecule has 0 saturated carbocycles. The van der Waals surface area contributed by atoms with Crippen LogP contribution in [0.2, 0.25) is 5.15 Å². The van der Waals surface area contributed by atoms with Crippen LogP contribution in [-0.2, 0) is 0 Å². The molecule has 1 atom stereocenters. The van der Waals surface area contributed by atoms with Crippen molar-refractivity contribution in [2.45, 2.75) is 13.0 Å². The van der Waals surface area contributed by atoms with E-state index in [2.05, 4.69) is 30.5 Å². The maximum atomic E-state index is 5.75. The van der Waals surface area contributed by atoms with Crippen molar-refractivity contribution in [1.29, 1.82) is 0 Å². The van der Waals surface area contributed by atoms with Gasteiger partial charge in [0, 0.05) is 6.07 Å². The molecule has 84 valence electrons. The van der Waals surface area contributed by atoms with Gasteiger partial charge in [-0.15, -0.1) is 0 Å². The van der Waals surface area contributed by atoms with Crippen LogP contribution < -0.4 is 11.1 Å². The fourth-order valence-electron chi connectivity index (χ4n) is 1.22. The highest BCUT2D eigenvalue weighted by Crippen LogP contribution is 2.17. The number of halogens is 1. The lowest BCUT2D eigenvalue weighted by Gasteiger charge is -2.11. The Labute approximate surface area is 96.5 Å². The Kier molecular flexibility index (Phi) is 2.86. The quantitative estimate of drug-likeness (QED) is 0.690. The van der Waals surface area contributed by atoms with Crippen LogP contribution in [0.3, 0.4) is 0 Å². The summed E-state index contributed by atoms with van der Waals surface area (Å²) in [5.41, 5.74) is 5.47. The molecule has 16 heavy (non-hydrogen) atoms. The molecule has 4 N–H and O–H groups in total. The zero-order valence-electron chi connectivity index (χ0n) is 8.48. The van der Waals surface area contributed by atoms with E-state index in [1.165, 1.54) is 6.33 Å². The molecule has 2 heterocycles. The Hall–Kier alpha value is -1.89. The molecule has 2 aromatic heterocycles. The third-order valence-electron chi connectivity index (χ3n) is 1.92. The van der Waals surface area contributed by atoms with Crippen molar-refractivity contribution in [3.05, 3.63) is 23.4 Å². The number of H-pyrrole nitrogens is 1. The average molecular weight is 240 g/mol. The van der Waals surface area contributed by atoms with Crippen LogP contribution in [0.15, 0.2) is 12.4 Å². The van der Waals surface area contributed by atoms with Crippen LogP contribution in [-0.4, -0.2) is 25.1 Å². The summed E-state index contributed by atoms with van der Waals surface area (Å²) in [7, 11) is 0. The first kappa shape index (κ1) is 10.6. The first-order valence-electron chi connectivity index (χ1n) is 4.57. The number of hydrogen-bond acceptors (Lipinski definition) is 6. The summed E-state index contributed by atoms with van der Waals surface area (Å²) in [5.74, 6) is 1.37. The number of nitrogen functional groups attached to an aromatic ring is 1. The van der Waals surface area contributed by atoms with Crippen molar-refractivity contribution < 1.29 is 0 Å². The highest BCUT2D eigenvalue weighted by molar-refractivity contribution is 6.29. The van der Waals surface area contributed by atoms with E-state index in [9.17, 15) is 0 Å². The fourth-order valence-corrected chi connectivity index (χ4v) is 1.41. The van der Waals surface area contributed by atoms with Crippen LogP contribution in [0.1, 0.15) is 18.8 Å². The predicted octanol–water partition coefficient (Wildman–Crippen LogP) is 1.00. The monoisotopic (exact) mass is 239 g/mol. The summed E-state index contributed by atoms with van der Waals surface area (Å²) < 4.78 is 0. The van der Waals surface area contributed by atoms with Crippen molar-refractivity contribution in [3.63, 3.8) is 0 Å². The Bertz CT molecular complexity index is 449. The minimum absolute atomic E-state index is 0.0760. The van der Waals surface area contributed by atoms with Crippen molar-refractivity contribution >= 4 is 23.4 Å². The standard InChI is InChI=1S/C8H10ClN7/c1-4(7-11-3-12-16-7)13-6-2-5(9)14-8(10)15-6/h2-4H,1H3,(H,11,12,16)(H3,10,13,14,15). The molecule has 2 rings (SSSR count). The van der Waals surface area contributed by atoms with Crippen LogP contribution in [0, 0.1) is 0 Å². The van der Waals surface area contributed by atoms with Gasteiger partial charge in [0.05, 0.1) is 6.04 Å². The van der Waals surface area contributed by atoms with Gasteiger partial charge < -0.3 is 11.1 Å². The number of anilines is 2. The number of nitrogens with one attached hydrogen (secondary N) is 2. The number of hydrogen-bond donors (Lipinski definition) is 3. The highest BCUT2D eigenvalue weighted by atomic mass is 35.5. The molecule has 7 nitrogen and oxygen atoms in total.